The van der Waals surface area contributed by atoms with E-state index in [2.05, 4.69) is 185 Å². The van der Waals surface area contributed by atoms with Gasteiger partial charge in [-0.3, -0.25) is 0 Å². The Hall–Kier alpha value is -6.52. The summed E-state index contributed by atoms with van der Waals surface area (Å²) in [5.74, 6) is 0.949. The van der Waals surface area contributed by atoms with Crippen molar-refractivity contribution < 1.29 is 4.74 Å². The minimum atomic E-state index is -0.160. The van der Waals surface area contributed by atoms with Crippen molar-refractivity contribution >= 4 is 70.8 Å². The molecule has 0 aliphatic carbocycles. The second-order valence-electron chi connectivity index (χ2n) is 13.4. The first-order valence-electron chi connectivity index (χ1n) is 17.2. The molecular formula is C46H31N3O. The third-order valence-electron chi connectivity index (χ3n) is 10.7. The fraction of sp³-hybridized carbons (Fsp3) is 0.0435. The smallest absolute Gasteiger partial charge is 0.198 e. The predicted octanol–water partition coefficient (Wildman–Crippen LogP) is 11.7. The van der Waals surface area contributed by atoms with Crippen LogP contribution in [0.2, 0.25) is 0 Å². The average Bonchev–Trinajstić information content (AvgIpc) is 3.81. The maximum Gasteiger partial charge on any atom is 0.198 e. The van der Waals surface area contributed by atoms with Gasteiger partial charge in [0.15, 0.2) is 12.0 Å². The molecule has 1 atom stereocenters. The Labute approximate surface area is 288 Å². The number of nitrogens with zero attached hydrogens (tertiary/aromatic N) is 3. The summed E-state index contributed by atoms with van der Waals surface area (Å²) in [4.78, 5) is 2.24. The van der Waals surface area contributed by atoms with E-state index < -0.39 is 0 Å². The van der Waals surface area contributed by atoms with E-state index in [1.807, 2.05) is 0 Å². The van der Waals surface area contributed by atoms with Gasteiger partial charge in [-0.1, -0.05) is 109 Å². The highest BCUT2D eigenvalue weighted by molar-refractivity contribution is 6.19. The molecule has 8 aromatic carbocycles. The zero-order valence-electron chi connectivity index (χ0n) is 27.4. The second kappa shape index (κ2) is 10.2. The Morgan fingerprint density at radius 1 is 0.440 bits per heavy atom. The molecule has 4 heteroatoms. The summed E-state index contributed by atoms with van der Waals surface area (Å²) >= 11 is 0. The number of rotatable bonds is 3. The lowest BCUT2D eigenvalue weighted by atomic mass is 10.00. The Balaban J connectivity index is 1.15. The van der Waals surface area contributed by atoms with Gasteiger partial charge >= 0.3 is 0 Å². The van der Waals surface area contributed by atoms with Crippen molar-refractivity contribution in [2.45, 2.75) is 6.23 Å². The van der Waals surface area contributed by atoms with E-state index in [-0.39, 0.29) is 6.23 Å². The number of anilines is 1. The van der Waals surface area contributed by atoms with Gasteiger partial charge in [-0.05, 0) is 70.8 Å². The van der Waals surface area contributed by atoms with Crippen LogP contribution < -0.4 is 9.64 Å². The fourth-order valence-corrected chi connectivity index (χ4v) is 8.43. The molecule has 50 heavy (non-hydrogen) atoms. The van der Waals surface area contributed by atoms with Gasteiger partial charge in [0.25, 0.3) is 0 Å². The fourth-order valence-electron chi connectivity index (χ4n) is 8.43. The zero-order valence-corrected chi connectivity index (χ0v) is 27.4. The molecule has 236 valence electrons. The second-order valence-corrected chi connectivity index (χ2v) is 13.4. The minimum Gasteiger partial charge on any atom is -0.463 e. The summed E-state index contributed by atoms with van der Waals surface area (Å²) < 4.78 is 11.6. The lowest BCUT2D eigenvalue weighted by molar-refractivity contribution is 0.238. The standard InChI is InChI=1S/C46H31N3O/c1-47-41-25-22-29-20-21-31-26-33(23-24-34(31)44(29)45(41)50-46(47)30-12-4-2-5-13-30)49-40-19-11-9-17-36(40)38-27-37-35-16-8-10-18-39(35)48(42(37)28-43(38)49)32-14-6-3-7-15-32/h2-28,46H,1H3. The molecule has 1 unspecified atom stereocenters. The molecule has 1 aliphatic rings. The van der Waals surface area contributed by atoms with E-state index in [1.54, 1.807) is 0 Å². The predicted molar refractivity (Wildman–Crippen MR) is 208 cm³/mol. The van der Waals surface area contributed by atoms with Gasteiger partial charge in [-0.15, -0.1) is 0 Å². The first kappa shape index (κ1) is 27.4. The van der Waals surface area contributed by atoms with Gasteiger partial charge in [-0.2, -0.15) is 0 Å². The van der Waals surface area contributed by atoms with Crippen molar-refractivity contribution in [3.05, 3.63) is 169 Å². The molecule has 0 saturated heterocycles. The molecule has 10 aromatic rings. The Bertz CT molecular complexity index is 2970. The number of hydrogen-bond acceptors (Lipinski definition) is 2. The lowest BCUT2D eigenvalue weighted by Gasteiger charge is -2.20. The monoisotopic (exact) mass is 641 g/mol. The molecule has 0 spiro atoms. The SMILES string of the molecule is CN1c2ccc3ccc4cc(-n5c6ccccc6c6cc7c8ccccc8n(-c8ccccc8)c7cc65)ccc4c3c2OC1c1ccccc1. The number of aromatic nitrogens is 2. The van der Waals surface area contributed by atoms with Crippen molar-refractivity contribution in [3.63, 3.8) is 0 Å². The highest BCUT2D eigenvalue weighted by Crippen LogP contribution is 2.49. The van der Waals surface area contributed by atoms with Crippen molar-refractivity contribution in [2.24, 2.45) is 0 Å². The van der Waals surface area contributed by atoms with Crippen LogP contribution in [-0.4, -0.2) is 16.2 Å². The van der Waals surface area contributed by atoms with Crippen LogP contribution in [0.5, 0.6) is 5.75 Å². The summed E-state index contributed by atoms with van der Waals surface area (Å²) in [5.41, 5.74) is 9.36. The van der Waals surface area contributed by atoms with E-state index in [9.17, 15) is 0 Å². The van der Waals surface area contributed by atoms with Gasteiger partial charge in [0.2, 0.25) is 0 Å². The first-order valence-corrected chi connectivity index (χ1v) is 17.2. The highest BCUT2D eigenvalue weighted by atomic mass is 16.5. The summed E-state index contributed by atoms with van der Waals surface area (Å²) in [6.45, 7) is 0. The first-order chi connectivity index (χ1) is 24.7. The van der Waals surface area contributed by atoms with Gasteiger partial charge < -0.3 is 18.8 Å². The third-order valence-corrected chi connectivity index (χ3v) is 10.7. The molecule has 2 aromatic heterocycles. The van der Waals surface area contributed by atoms with E-state index in [0.717, 1.165) is 33.8 Å². The summed E-state index contributed by atoms with van der Waals surface area (Å²) in [6, 6.07) is 59.3. The summed E-state index contributed by atoms with van der Waals surface area (Å²) in [5, 5.41) is 9.74. The number of para-hydroxylation sites is 3. The molecule has 0 saturated carbocycles. The zero-order chi connectivity index (χ0) is 32.9. The molecule has 11 rings (SSSR count). The van der Waals surface area contributed by atoms with Crippen molar-refractivity contribution in [3.8, 4) is 17.1 Å². The molecule has 1 aliphatic heterocycles. The summed E-state index contributed by atoms with van der Waals surface area (Å²) in [6.07, 6.45) is -0.160. The molecule has 0 N–H and O–H groups in total. The third kappa shape index (κ3) is 3.76. The van der Waals surface area contributed by atoms with Gasteiger partial charge in [-0.25, -0.2) is 0 Å². The molecule has 0 radical (unpaired) electrons. The topological polar surface area (TPSA) is 22.3 Å². The van der Waals surface area contributed by atoms with Crippen LogP contribution in [0.25, 0.3) is 76.5 Å². The van der Waals surface area contributed by atoms with Crippen LogP contribution in [-0.2, 0) is 0 Å². The molecule has 0 bridgehead atoms. The van der Waals surface area contributed by atoms with Crippen LogP contribution in [0.3, 0.4) is 0 Å². The molecule has 0 amide bonds. The van der Waals surface area contributed by atoms with Gasteiger partial charge in [0.05, 0.1) is 27.8 Å². The van der Waals surface area contributed by atoms with Crippen molar-refractivity contribution in [1.29, 1.82) is 0 Å². The largest absolute Gasteiger partial charge is 0.463 e. The van der Waals surface area contributed by atoms with Gasteiger partial charge in [0.1, 0.15) is 0 Å². The Kier molecular flexibility index (Phi) is 5.62. The molecular weight excluding hydrogens is 611 g/mol. The summed E-state index contributed by atoms with van der Waals surface area (Å²) in [7, 11) is 2.12. The van der Waals surface area contributed by atoms with E-state index >= 15 is 0 Å². The maximum absolute atomic E-state index is 6.78. The van der Waals surface area contributed by atoms with Crippen LogP contribution in [0.4, 0.5) is 5.69 Å². The number of ether oxygens (including phenoxy) is 1. The van der Waals surface area contributed by atoms with Gasteiger partial charge in [0, 0.05) is 50.9 Å². The number of fused-ring (bicyclic) bond motifs is 11. The minimum absolute atomic E-state index is 0.160. The van der Waals surface area contributed by atoms with Crippen LogP contribution in [0, 0.1) is 0 Å². The van der Waals surface area contributed by atoms with Crippen LogP contribution in [0.15, 0.2) is 164 Å². The van der Waals surface area contributed by atoms with Crippen molar-refractivity contribution in [2.75, 3.05) is 11.9 Å². The van der Waals surface area contributed by atoms with E-state index in [0.29, 0.717) is 0 Å². The van der Waals surface area contributed by atoms with E-state index in [1.165, 1.54) is 59.8 Å². The Morgan fingerprint density at radius 2 is 1.04 bits per heavy atom. The number of benzene rings is 8. The molecule has 3 heterocycles. The highest BCUT2D eigenvalue weighted by Gasteiger charge is 2.31. The number of hydrogen-bond donors (Lipinski definition) is 0. The maximum atomic E-state index is 6.78. The van der Waals surface area contributed by atoms with Crippen LogP contribution in [0.1, 0.15) is 11.8 Å². The van der Waals surface area contributed by atoms with Crippen LogP contribution >= 0.6 is 0 Å². The van der Waals surface area contributed by atoms with Crippen molar-refractivity contribution in [1.82, 2.24) is 9.13 Å². The quantitative estimate of drug-likeness (QED) is 0.179. The molecule has 0 fully saturated rings. The normalized spacial score (nSPS) is 14.4. The molecule has 4 nitrogen and oxygen atoms in total. The average molecular weight is 642 g/mol. The lowest BCUT2D eigenvalue weighted by Crippen LogP contribution is -2.22. The Morgan fingerprint density at radius 3 is 1.76 bits per heavy atom. The van der Waals surface area contributed by atoms with E-state index in [4.69, 9.17) is 4.74 Å².